The Morgan fingerprint density at radius 3 is 2.79 bits per heavy atom. The molecule has 0 aromatic carbocycles. The lowest BCUT2D eigenvalue weighted by Gasteiger charge is -2.37. The molecule has 80 valence electrons. The van der Waals surface area contributed by atoms with Crippen molar-refractivity contribution in [2.75, 3.05) is 26.7 Å². The van der Waals surface area contributed by atoms with Crippen LogP contribution in [-0.2, 0) is 4.79 Å². The number of likely N-dealkylation sites (N-methyl/N-ethyl adjacent to an activating group) is 1. The lowest BCUT2D eigenvalue weighted by Crippen LogP contribution is -2.60. The smallest absolute Gasteiger partial charge is 0.237 e. The number of likely N-dealkylation sites (tertiary alicyclic amines) is 1. The van der Waals surface area contributed by atoms with E-state index in [1.807, 2.05) is 0 Å². The number of hydrogen-bond donors (Lipinski definition) is 2. The lowest BCUT2D eigenvalue weighted by molar-refractivity contribution is -0.125. The van der Waals surface area contributed by atoms with E-state index < -0.39 is 0 Å². The second-order valence-corrected chi connectivity index (χ2v) is 4.43. The normalized spacial score (nSPS) is 29.6. The summed E-state index contributed by atoms with van der Waals surface area (Å²) >= 11 is 0. The van der Waals surface area contributed by atoms with Crippen molar-refractivity contribution < 1.29 is 4.79 Å². The highest BCUT2D eigenvalue weighted by Gasteiger charge is 2.28. The number of rotatable bonds is 2. The summed E-state index contributed by atoms with van der Waals surface area (Å²) in [6.07, 6.45) is 3.37. The molecule has 2 aliphatic heterocycles. The van der Waals surface area contributed by atoms with E-state index in [0.29, 0.717) is 6.04 Å². The average molecular weight is 197 g/mol. The van der Waals surface area contributed by atoms with Gasteiger partial charge in [-0.15, -0.1) is 0 Å². The monoisotopic (exact) mass is 197 g/mol. The summed E-state index contributed by atoms with van der Waals surface area (Å²) in [5.74, 6) is 0.197. The molecule has 0 radical (unpaired) electrons. The first kappa shape index (κ1) is 9.93. The van der Waals surface area contributed by atoms with E-state index in [-0.39, 0.29) is 11.9 Å². The minimum Gasteiger partial charge on any atom is -0.349 e. The quantitative estimate of drug-likeness (QED) is 0.631. The molecule has 0 aromatic rings. The van der Waals surface area contributed by atoms with Gasteiger partial charge in [0.15, 0.2) is 0 Å². The molecular formula is C10H19N3O. The molecule has 2 rings (SSSR count). The maximum Gasteiger partial charge on any atom is 0.237 e. The van der Waals surface area contributed by atoms with Gasteiger partial charge in [0.25, 0.3) is 0 Å². The molecule has 2 fully saturated rings. The molecule has 2 heterocycles. The van der Waals surface area contributed by atoms with Crippen LogP contribution in [0.3, 0.4) is 0 Å². The molecular weight excluding hydrogens is 178 g/mol. The fourth-order valence-electron chi connectivity index (χ4n) is 2.17. The zero-order valence-corrected chi connectivity index (χ0v) is 8.75. The van der Waals surface area contributed by atoms with Gasteiger partial charge >= 0.3 is 0 Å². The van der Waals surface area contributed by atoms with Crippen LogP contribution < -0.4 is 10.6 Å². The Labute approximate surface area is 85.0 Å². The second-order valence-electron chi connectivity index (χ2n) is 4.43. The number of carbonyl (C=O) groups is 1. The zero-order valence-electron chi connectivity index (χ0n) is 8.75. The van der Waals surface area contributed by atoms with Crippen LogP contribution in [0.5, 0.6) is 0 Å². The Bertz CT molecular complexity index is 207. The molecule has 14 heavy (non-hydrogen) atoms. The first-order valence-corrected chi connectivity index (χ1v) is 5.48. The van der Waals surface area contributed by atoms with E-state index >= 15 is 0 Å². The van der Waals surface area contributed by atoms with Crippen molar-refractivity contribution in [3.8, 4) is 0 Å². The van der Waals surface area contributed by atoms with E-state index in [9.17, 15) is 4.79 Å². The number of amides is 1. The van der Waals surface area contributed by atoms with Crippen LogP contribution in [-0.4, -0.2) is 49.6 Å². The molecule has 4 heteroatoms. The number of carbonyl (C=O) groups excluding carboxylic acids is 1. The van der Waals surface area contributed by atoms with Gasteiger partial charge in [-0.3, -0.25) is 4.79 Å². The van der Waals surface area contributed by atoms with Crippen LogP contribution in [0.4, 0.5) is 0 Å². The van der Waals surface area contributed by atoms with Gasteiger partial charge < -0.3 is 15.5 Å². The Balaban J connectivity index is 1.71. The molecule has 2 saturated heterocycles. The predicted molar refractivity (Wildman–Crippen MR) is 55.1 cm³/mol. The fraction of sp³-hybridized carbons (Fsp3) is 0.900. The van der Waals surface area contributed by atoms with Gasteiger partial charge in [0.2, 0.25) is 5.91 Å². The standard InChI is InChI=1S/C10H19N3O/c1-13-6-8(7-13)12-10(14)9-4-2-3-5-11-9/h8-9,11H,2-7H2,1H3,(H,12,14)/t9-/m1/s1. The molecule has 0 unspecified atom stereocenters. The lowest BCUT2D eigenvalue weighted by atomic mass is 10.0. The van der Waals surface area contributed by atoms with Crippen LogP contribution in [0.1, 0.15) is 19.3 Å². The van der Waals surface area contributed by atoms with Gasteiger partial charge in [-0.25, -0.2) is 0 Å². The van der Waals surface area contributed by atoms with Crippen LogP contribution in [0.2, 0.25) is 0 Å². The third-order valence-electron chi connectivity index (χ3n) is 3.04. The molecule has 0 bridgehead atoms. The largest absolute Gasteiger partial charge is 0.349 e. The number of nitrogens with one attached hydrogen (secondary N) is 2. The van der Waals surface area contributed by atoms with Crippen LogP contribution >= 0.6 is 0 Å². The third-order valence-corrected chi connectivity index (χ3v) is 3.04. The minimum absolute atomic E-state index is 0.0645. The summed E-state index contributed by atoms with van der Waals surface area (Å²) in [7, 11) is 2.07. The van der Waals surface area contributed by atoms with Gasteiger partial charge in [0, 0.05) is 13.1 Å². The van der Waals surface area contributed by atoms with Crippen molar-refractivity contribution in [2.45, 2.75) is 31.3 Å². The molecule has 2 N–H and O–H groups in total. The summed E-state index contributed by atoms with van der Waals surface area (Å²) in [6.45, 7) is 2.99. The van der Waals surface area contributed by atoms with E-state index in [0.717, 1.165) is 26.1 Å². The highest BCUT2D eigenvalue weighted by molar-refractivity contribution is 5.82. The molecule has 0 aliphatic carbocycles. The molecule has 4 nitrogen and oxygen atoms in total. The summed E-state index contributed by atoms with van der Waals surface area (Å²) in [4.78, 5) is 13.9. The molecule has 1 amide bonds. The molecule has 0 spiro atoms. The topological polar surface area (TPSA) is 44.4 Å². The highest BCUT2D eigenvalue weighted by atomic mass is 16.2. The molecule has 2 aliphatic rings. The Morgan fingerprint density at radius 1 is 1.43 bits per heavy atom. The van der Waals surface area contributed by atoms with Crippen molar-refractivity contribution in [1.29, 1.82) is 0 Å². The van der Waals surface area contributed by atoms with E-state index in [4.69, 9.17) is 0 Å². The maximum atomic E-state index is 11.7. The number of hydrogen-bond acceptors (Lipinski definition) is 3. The SMILES string of the molecule is CN1CC(NC(=O)[C@H]2CCCCN2)C1. The molecule has 0 saturated carbocycles. The minimum atomic E-state index is 0.0645. The van der Waals surface area contributed by atoms with Crippen molar-refractivity contribution in [1.82, 2.24) is 15.5 Å². The first-order chi connectivity index (χ1) is 6.75. The number of nitrogens with zero attached hydrogens (tertiary/aromatic N) is 1. The van der Waals surface area contributed by atoms with Crippen LogP contribution in [0, 0.1) is 0 Å². The van der Waals surface area contributed by atoms with Crippen molar-refractivity contribution in [2.24, 2.45) is 0 Å². The maximum absolute atomic E-state index is 11.7. The summed E-state index contributed by atoms with van der Waals surface area (Å²) in [5.41, 5.74) is 0. The second kappa shape index (κ2) is 4.28. The third kappa shape index (κ3) is 2.25. The van der Waals surface area contributed by atoms with E-state index in [1.54, 1.807) is 0 Å². The summed E-state index contributed by atoms with van der Waals surface area (Å²) < 4.78 is 0. The Kier molecular flexibility index (Phi) is 3.03. The van der Waals surface area contributed by atoms with Crippen molar-refractivity contribution in [3.63, 3.8) is 0 Å². The predicted octanol–water partition coefficient (Wildman–Crippen LogP) is -0.441. The van der Waals surface area contributed by atoms with Gasteiger partial charge in [-0.05, 0) is 26.4 Å². The van der Waals surface area contributed by atoms with Gasteiger partial charge in [-0.2, -0.15) is 0 Å². The molecule has 0 aromatic heterocycles. The van der Waals surface area contributed by atoms with E-state index in [1.165, 1.54) is 12.8 Å². The van der Waals surface area contributed by atoms with Crippen LogP contribution in [0.25, 0.3) is 0 Å². The summed E-state index contributed by atoms with van der Waals surface area (Å²) in [6, 6.07) is 0.450. The number of piperidine rings is 1. The summed E-state index contributed by atoms with van der Waals surface area (Å²) in [5, 5.41) is 6.33. The molecule has 1 atom stereocenters. The van der Waals surface area contributed by atoms with Crippen molar-refractivity contribution in [3.05, 3.63) is 0 Å². The van der Waals surface area contributed by atoms with Gasteiger partial charge in [0.05, 0.1) is 12.1 Å². The fourth-order valence-corrected chi connectivity index (χ4v) is 2.17. The highest BCUT2D eigenvalue weighted by Crippen LogP contribution is 2.09. The zero-order chi connectivity index (χ0) is 9.97. The Hall–Kier alpha value is -0.610. The van der Waals surface area contributed by atoms with Gasteiger partial charge in [-0.1, -0.05) is 6.42 Å². The first-order valence-electron chi connectivity index (χ1n) is 5.48. The van der Waals surface area contributed by atoms with E-state index in [2.05, 4.69) is 22.6 Å². The van der Waals surface area contributed by atoms with Gasteiger partial charge in [0.1, 0.15) is 0 Å². The average Bonchev–Trinajstić information content (AvgIpc) is 2.17. The Morgan fingerprint density at radius 2 is 2.21 bits per heavy atom. The van der Waals surface area contributed by atoms with Crippen LogP contribution in [0.15, 0.2) is 0 Å². The van der Waals surface area contributed by atoms with Crippen molar-refractivity contribution >= 4 is 5.91 Å².